The van der Waals surface area contributed by atoms with Gasteiger partial charge in [0.1, 0.15) is 0 Å². The van der Waals surface area contributed by atoms with Gasteiger partial charge in [0.25, 0.3) is 11.6 Å². The lowest BCUT2D eigenvalue weighted by atomic mass is 9.88. The molecule has 6 heteroatoms. The van der Waals surface area contributed by atoms with Gasteiger partial charge >= 0.3 is 0 Å². The first kappa shape index (κ1) is 17.1. The van der Waals surface area contributed by atoms with Gasteiger partial charge in [0.2, 0.25) is 0 Å². The molecule has 2 atom stereocenters. The zero-order valence-corrected chi connectivity index (χ0v) is 12.8. The molecule has 1 aromatic carbocycles. The second-order valence-electron chi connectivity index (χ2n) is 5.56. The second-order valence-corrected chi connectivity index (χ2v) is 5.56. The van der Waals surface area contributed by atoms with Crippen molar-refractivity contribution < 1.29 is 14.8 Å². The third-order valence-corrected chi connectivity index (χ3v) is 4.03. The van der Waals surface area contributed by atoms with Crippen molar-refractivity contribution in [3.05, 3.63) is 39.4 Å². The number of rotatable bonds is 6. The number of nitrogens with zero attached hydrogens (tertiary/aromatic N) is 1. The van der Waals surface area contributed by atoms with Crippen molar-refractivity contribution in [2.45, 2.75) is 39.7 Å². The van der Waals surface area contributed by atoms with Gasteiger partial charge in [0.15, 0.2) is 0 Å². The Labute approximate surface area is 124 Å². The Morgan fingerprint density at radius 2 is 2.14 bits per heavy atom. The topological polar surface area (TPSA) is 92.5 Å². The van der Waals surface area contributed by atoms with Crippen LogP contribution in [0.2, 0.25) is 0 Å². The predicted molar refractivity (Wildman–Crippen MR) is 80.2 cm³/mol. The lowest BCUT2D eigenvalue weighted by Gasteiger charge is -2.29. The van der Waals surface area contributed by atoms with E-state index >= 15 is 0 Å². The number of hydrogen-bond acceptors (Lipinski definition) is 4. The summed E-state index contributed by atoms with van der Waals surface area (Å²) in [7, 11) is 0. The van der Waals surface area contributed by atoms with Crippen molar-refractivity contribution in [2.75, 3.05) is 6.54 Å². The summed E-state index contributed by atoms with van der Waals surface area (Å²) in [6.07, 6.45) is 0.790. The molecular formula is C15H22N2O4. The van der Waals surface area contributed by atoms with E-state index in [0.29, 0.717) is 5.56 Å². The van der Waals surface area contributed by atoms with Crippen LogP contribution in [0.15, 0.2) is 18.2 Å². The molecule has 116 valence electrons. The number of hydrogen-bond donors (Lipinski definition) is 2. The van der Waals surface area contributed by atoms with Crippen molar-refractivity contribution in [2.24, 2.45) is 5.92 Å². The first-order valence-electron chi connectivity index (χ1n) is 6.95. The largest absolute Gasteiger partial charge is 0.388 e. The SMILES string of the molecule is CCC(C)C(C)(O)CNC(=O)c1cccc([N+](=O)[O-])c1C. The summed E-state index contributed by atoms with van der Waals surface area (Å²) < 4.78 is 0. The predicted octanol–water partition coefficient (Wildman–Crippen LogP) is 2.43. The van der Waals surface area contributed by atoms with Crippen LogP contribution in [0.4, 0.5) is 5.69 Å². The number of nitro groups is 1. The number of amides is 1. The monoisotopic (exact) mass is 294 g/mol. The van der Waals surface area contributed by atoms with E-state index in [-0.39, 0.29) is 23.7 Å². The summed E-state index contributed by atoms with van der Waals surface area (Å²) >= 11 is 0. The Kier molecular flexibility index (Phi) is 5.43. The maximum absolute atomic E-state index is 12.2. The molecule has 0 spiro atoms. The van der Waals surface area contributed by atoms with Gasteiger partial charge in [0, 0.05) is 23.7 Å². The van der Waals surface area contributed by atoms with Gasteiger partial charge in [-0.1, -0.05) is 26.3 Å². The van der Waals surface area contributed by atoms with E-state index in [1.54, 1.807) is 13.8 Å². The zero-order chi connectivity index (χ0) is 16.2. The van der Waals surface area contributed by atoms with E-state index in [0.717, 1.165) is 6.42 Å². The molecule has 0 aliphatic carbocycles. The molecule has 2 unspecified atom stereocenters. The molecule has 2 N–H and O–H groups in total. The van der Waals surface area contributed by atoms with Gasteiger partial charge in [-0.15, -0.1) is 0 Å². The summed E-state index contributed by atoms with van der Waals surface area (Å²) in [5, 5.41) is 23.8. The minimum atomic E-state index is -1.01. The molecule has 0 saturated carbocycles. The van der Waals surface area contributed by atoms with Crippen molar-refractivity contribution in [1.29, 1.82) is 0 Å². The van der Waals surface area contributed by atoms with Crippen molar-refractivity contribution >= 4 is 11.6 Å². The van der Waals surface area contributed by atoms with Crippen LogP contribution >= 0.6 is 0 Å². The minimum absolute atomic E-state index is 0.0315. The summed E-state index contributed by atoms with van der Waals surface area (Å²) in [6.45, 7) is 7.18. The Morgan fingerprint density at radius 3 is 2.67 bits per heavy atom. The van der Waals surface area contributed by atoms with E-state index < -0.39 is 16.4 Å². The number of aliphatic hydroxyl groups is 1. The lowest BCUT2D eigenvalue weighted by molar-refractivity contribution is -0.385. The average Bonchev–Trinajstić information content (AvgIpc) is 2.43. The van der Waals surface area contributed by atoms with Gasteiger partial charge in [-0.05, 0) is 25.8 Å². The molecule has 0 bridgehead atoms. The van der Waals surface area contributed by atoms with Crippen LogP contribution in [0, 0.1) is 23.0 Å². The van der Waals surface area contributed by atoms with E-state index in [1.165, 1.54) is 18.2 Å². The summed E-state index contributed by atoms with van der Waals surface area (Å²) in [5.41, 5.74) is -0.525. The van der Waals surface area contributed by atoms with Gasteiger partial charge in [0.05, 0.1) is 10.5 Å². The third kappa shape index (κ3) is 4.01. The highest BCUT2D eigenvalue weighted by atomic mass is 16.6. The fraction of sp³-hybridized carbons (Fsp3) is 0.533. The number of nitrogens with one attached hydrogen (secondary N) is 1. The number of carbonyl (C=O) groups is 1. The first-order valence-corrected chi connectivity index (χ1v) is 6.95. The number of benzene rings is 1. The summed E-state index contributed by atoms with van der Waals surface area (Å²) in [6, 6.07) is 4.38. The maximum atomic E-state index is 12.2. The molecule has 0 fully saturated rings. The molecule has 6 nitrogen and oxygen atoms in total. The molecule has 0 aliphatic rings. The highest BCUT2D eigenvalue weighted by Gasteiger charge is 2.28. The number of nitro benzene ring substituents is 1. The van der Waals surface area contributed by atoms with E-state index in [4.69, 9.17) is 0 Å². The van der Waals surface area contributed by atoms with E-state index in [9.17, 15) is 20.0 Å². The molecule has 0 aliphatic heterocycles. The van der Waals surface area contributed by atoms with Crippen LogP contribution < -0.4 is 5.32 Å². The van der Waals surface area contributed by atoms with Crippen LogP contribution in [0.25, 0.3) is 0 Å². The van der Waals surface area contributed by atoms with Crippen LogP contribution in [0.5, 0.6) is 0 Å². The Bertz CT molecular complexity index is 540. The van der Waals surface area contributed by atoms with Crippen molar-refractivity contribution in [3.63, 3.8) is 0 Å². The van der Waals surface area contributed by atoms with Crippen molar-refractivity contribution in [3.8, 4) is 0 Å². The summed E-state index contributed by atoms with van der Waals surface area (Å²) in [4.78, 5) is 22.5. The van der Waals surface area contributed by atoms with E-state index in [1.807, 2.05) is 13.8 Å². The van der Waals surface area contributed by atoms with Gasteiger partial charge in [-0.2, -0.15) is 0 Å². The standard InChI is InChI=1S/C15H22N2O4/c1-5-10(2)15(4,19)9-16-14(18)12-7-6-8-13(11(12)3)17(20)21/h6-8,10,19H,5,9H2,1-4H3,(H,16,18). The maximum Gasteiger partial charge on any atom is 0.273 e. The molecule has 0 heterocycles. The fourth-order valence-corrected chi connectivity index (χ4v) is 2.04. The number of carbonyl (C=O) groups excluding carboxylic acids is 1. The molecule has 1 rings (SSSR count). The normalized spacial score (nSPS) is 15.1. The highest BCUT2D eigenvalue weighted by molar-refractivity contribution is 5.96. The molecule has 1 amide bonds. The van der Waals surface area contributed by atoms with Crippen molar-refractivity contribution in [1.82, 2.24) is 5.32 Å². The molecule has 21 heavy (non-hydrogen) atoms. The van der Waals surface area contributed by atoms with Crippen LogP contribution in [-0.4, -0.2) is 28.1 Å². The molecule has 0 radical (unpaired) electrons. The summed E-state index contributed by atoms with van der Waals surface area (Å²) in [5.74, 6) is -0.385. The third-order valence-electron chi connectivity index (χ3n) is 4.03. The van der Waals surface area contributed by atoms with Gasteiger partial charge in [-0.3, -0.25) is 14.9 Å². The molecular weight excluding hydrogens is 272 g/mol. The Balaban J connectivity index is 2.87. The quantitative estimate of drug-likeness (QED) is 0.622. The van der Waals surface area contributed by atoms with Gasteiger partial charge < -0.3 is 10.4 Å². The first-order chi connectivity index (χ1) is 9.70. The lowest BCUT2D eigenvalue weighted by Crippen LogP contribution is -2.45. The average molecular weight is 294 g/mol. The minimum Gasteiger partial charge on any atom is -0.388 e. The Morgan fingerprint density at radius 1 is 1.52 bits per heavy atom. The molecule has 1 aromatic rings. The van der Waals surface area contributed by atoms with Crippen LogP contribution in [0.3, 0.4) is 0 Å². The highest BCUT2D eigenvalue weighted by Crippen LogP contribution is 2.22. The molecule has 0 aromatic heterocycles. The van der Waals surface area contributed by atoms with E-state index in [2.05, 4.69) is 5.32 Å². The fourth-order valence-electron chi connectivity index (χ4n) is 2.04. The van der Waals surface area contributed by atoms with Crippen LogP contribution in [0.1, 0.15) is 43.1 Å². The smallest absolute Gasteiger partial charge is 0.273 e. The second kappa shape index (κ2) is 6.67. The Hall–Kier alpha value is -1.95. The van der Waals surface area contributed by atoms with Gasteiger partial charge in [-0.25, -0.2) is 0 Å². The van der Waals surface area contributed by atoms with Crippen LogP contribution in [-0.2, 0) is 0 Å². The zero-order valence-electron chi connectivity index (χ0n) is 12.8. The molecule has 0 saturated heterocycles.